The smallest absolute Gasteiger partial charge is 0.149 e. The van der Waals surface area contributed by atoms with Crippen molar-refractivity contribution in [3.05, 3.63) is 29.8 Å². The summed E-state index contributed by atoms with van der Waals surface area (Å²) in [5.74, 6) is -1.08. The second kappa shape index (κ2) is 5.45. The predicted octanol–water partition coefficient (Wildman–Crippen LogP) is 2.78. The van der Waals surface area contributed by atoms with Crippen LogP contribution >= 0.6 is 0 Å². The van der Waals surface area contributed by atoms with Gasteiger partial charge in [0.25, 0.3) is 0 Å². The molecule has 1 aromatic carbocycles. The third kappa shape index (κ3) is 3.97. The van der Waals surface area contributed by atoms with Gasteiger partial charge in [0.2, 0.25) is 0 Å². The second-order valence-corrected chi connectivity index (χ2v) is 5.14. The van der Waals surface area contributed by atoms with Crippen LogP contribution in [0.5, 0.6) is 0 Å². The molecule has 0 amide bonds. The lowest BCUT2D eigenvalue weighted by atomic mass is 9.89. The normalized spacial score (nSPS) is 11.6. The van der Waals surface area contributed by atoms with Crippen LogP contribution in [0.2, 0.25) is 0 Å². The fourth-order valence-corrected chi connectivity index (χ4v) is 1.48. The van der Waals surface area contributed by atoms with Crippen LogP contribution in [0.1, 0.15) is 20.3 Å². The first-order valence-corrected chi connectivity index (χ1v) is 5.72. The van der Waals surface area contributed by atoms with E-state index in [1.165, 1.54) is 12.1 Å². The Balaban J connectivity index is 2.67. The van der Waals surface area contributed by atoms with Crippen molar-refractivity contribution in [3.63, 3.8) is 0 Å². The molecule has 0 aliphatic heterocycles. The van der Waals surface area contributed by atoms with E-state index in [2.05, 4.69) is 13.8 Å². The molecule has 0 unspecified atom stereocenters. The minimum Gasteiger partial charge on any atom is -0.372 e. The Morgan fingerprint density at radius 2 is 1.94 bits per heavy atom. The molecule has 0 fully saturated rings. The summed E-state index contributed by atoms with van der Waals surface area (Å²) in [5.41, 5.74) is 6.09. The molecular weight excluding hydrogens is 222 g/mol. The zero-order valence-corrected chi connectivity index (χ0v) is 10.6. The number of rotatable bonds is 5. The first-order valence-electron chi connectivity index (χ1n) is 5.72. The van der Waals surface area contributed by atoms with E-state index in [-0.39, 0.29) is 5.41 Å². The predicted molar refractivity (Wildman–Crippen MR) is 67.1 cm³/mol. The molecular formula is C13H20F2N2. The Morgan fingerprint density at radius 3 is 2.47 bits per heavy atom. The summed E-state index contributed by atoms with van der Waals surface area (Å²) in [4.78, 5) is 1.78. The third-order valence-corrected chi connectivity index (χ3v) is 3.00. The van der Waals surface area contributed by atoms with E-state index in [0.29, 0.717) is 18.8 Å². The van der Waals surface area contributed by atoms with Gasteiger partial charge < -0.3 is 10.6 Å². The van der Waals surface area contributed by atoms with Crippen molar-refractivity contribution in [2.24, 2.45) is 11.1 Å². The zero-order valence-electron chi connectivity index (χ0n) is 10.6. The van der Waals surface area contributed by atoms with Crippen LogP contribution in [0.3, 0.4) is 0 Å². The Hall–Kier alpha value is -1.16. The van der Waals surface area contributed by atoms with E-state index in [1.54, 1.807) is 11.9 Å². The minimum absolute atomic E-state index is 0.0325. The number of anilines is 1. The van der Waals surface area contributed by atoms with Gasteiger partial charge in [-0.1, -0.05) is 13.8 Å². The van der Waals surface area contributed by atoms with Crippen molar-refractivity contribution in [1.29, 1.82) is 0 Å². The van der Waals surface area contributed by atoms with Crippen LogP contribution in [0.15, 0.2) is 18.2 Å². The van der Waals surface area contributed by atoms with Crippen LogP contribution in [0.4, 0.5) is 14.5 Å². The Kier molecular flexibility index (Phi) is 4.46. The van der Waals surface area contributed by atoms with E-state index >= 15 is 0 Å². The Bertz CT molecular complexity index is 378. The van der Waals surface area contributed by atoms with Gasteiger partial charge in [-0.15, -0.1) is 0 Å². The highest BCUT2D eigenvalue weighted by Crippen LogP contribution is 2.23. The molecule has 0 saturated carbocycles. The molecule has 1 rings (SSSR count). The van der Waals surface area contributed by atoms with Gasteiger partial charge >= 0.3 is 0 Å². The Labute approximate surface area is 101 Å². The van der Waals surface area contributed by atoms with E-state index in [9.17, 15) is 8.78 Å². The highest BCUT2D eigenvalue weighted by Gasteiger charge is 2.17. The first kappa shape index (κ1) is 13.9. The van der Waals surface area contributed by atoms with Gasteiger partial charge in [0.05, 0.1) is 5.69 Å². The zero-order chi connectivity index (χ0) is 13.1. The van der Waals surface area contributed by atoms with E-state index in [0.717, 1.165) is 12.5 Å². The summed E-state index contributed by atoms with van der Waals surface area (Å²) >= 11 is 0. The van der Waals surface area contributed by atoms with E-state index in [4.69, 9.17) is 5.73 Å². The summed E-state index contributed by atoms with van der Waals surface area (Å²) < 4.78 is 26.3. The van der Waals surface area contributed by atoms with Crippen molar-refractivity contribution in [2.75, 3.05) is 25.0 Å². The summed E-state index contributed by atoms with van der Waals surface area (Å²) in [6, 6.07) is 3.63. The molecule has 2 N–H and O–H groups in total. The van der Waals surface area contributed by atoms with Crippen molar-refractivity contribution in [1.82, 2.24) is 0 Å². The molecule has 2 nitrogen and oxygen atoms in total. The topological polar surface area (TPSA) is 29.3 Å². The molecule has 0 aliphatic carbocycles. The fraction of sp³-hybridized carbons (Fsp3) is 0.538. The van der Waals surface area contributed by atoms with Gasteiger partial charge in [0.1, 0.15) is 11.6 Å². The molecule has 17 heavy (non-hydrogen) atoms. The fourth-order valence-electron chi connectivity index (χ4n) is 1.48. The van der Waals surface area contributed by atoms with Gasteiger partial charge in [-0.25, -0.2) is 8.78 Å². The number of hydrogen-bond donors (Lipinski definition) is 1. The monoisotopic (exact) mass is 242 g/mol. The standard InChI is InChI=1S/C13H20F2N2/c1-13(2,9-16)6-7-17(3)12-5-4-10(14)8-11(12)15/h4-5,8H,6-7,9,16H2,1-3H3. The first-order chi connectivity index (χ1) is 7.85. The highest BCUT2D eigenvalue weighted by molar-refractivity contribution is 5.46. The molecule has 0 aromatic heterocycles. The van der Waals surface area contributed by atoms with E-state index in [1.807, 2.05) is 0 Å². The lowest BCUT2D eigenvalue weighted by Gasteiger charge is -2.27. The van der Waals surface area contributed by atoms with Gasteiger partial charge in [-0.05, 0) is 30.5 Å². The molecule has 0 spiro atoms. The number of nitrogens with two attached hydrogens (primary N) is 1. The van der Waals surface area contributed by atoms with Crippen molar-refractivity contribution >= 4 is 5.69 Å². The van der Waals surface area contributed by atoms with Crippen LogP contribution in [0, 0.1) is 17.0 Å². The molecule has 96 valence electrons. The summed E-state index contributed by atoms with van der Waals surface area (Å²) in [7, 11) is 1.79. The van der Waals surface area contributed by atoms with Gasteiger partial charge in [-0.3, -0.25) is 0 Å². The van der Waals surface area contributed by atoms with E-state index < -0.39 is 11.6 Å². The molecule has 0 heterocycles. The molecule has 0 saturated heterocycles. The van der Waals surface area contributed by atoms with Crippen molar-refractivity contribution in [2.45, 2.75) is 20.3 Å². The number of halogens is 2. The van der Waals surface area contributed by atoms with Gasteiger partial charge in [0.15, 0.2) is 0 Å². The second-order valence-electron chi connectivity index (χ2n) is 5.14. The summed E-state index contributed by atoms with van der Waals surface area (Å²) in [5, 5.41) is 0. The molecule has 0 radical (unpaired) electrons. The average molecular weight is 242 g/mol. The van der Waals surface area contributed by atoms with Crippen LogP contribution < -0.4 is 10.6 Å². The lowest BCUT2D eigenvalue weighted by molar-refractivity contribution is 0.351. The highest BCUT2D eigenvalue weighted by atomic mass is 19.1. The molecule has 0 bridgehead atoms. The summed E-state index contributed by atoms with van der Waals surface area (Å²) in [6.45, 7) is 5.42. The number of benzene rings is 1. The summed E-state index contributed by atoms with van der Waals surface area (Å²) in [6.07, 6.45) is 0.858. The van der Waals surface area contributed by atoms with Crippen molar-refractivity contribution < 1.29 is 8.78 Å². The molecule has 4 heteroatoms. The molecule has 1 aromatic rings. The van der Waals surface area contributed by atoms with Gasteiger partial charge in [0, 0.05) is 19.7 Å². The number of hydrogen-bond acceptors (Lipinski definition) is 2. The SMILES string of the molecule is CN(CCC(C)(C)CN)c1ccc(F)cc1F. The number of nitrogens with zero attached hydrogens (tertiary/aromatic N) is 1. The largest absolute Gasteiger partial charge is 0.372 e. The lowest BCUT2D eigenvalue weighted by Crippen LogP contribution is -2.30. The molecule has 0 aliphatic rings. The van der Waals surface area contributed by atoms with Crippen LogP contribution in [-0.4, -0.2) is 20.1 Å². The maximum atomic E-state index is 13.5. The third-order valence-electron chi connectivity index (χ3n) is 3.00. The maximum Gasteiger partial charge on any atom is 0.149 e. The van der Waals surface area contributed by atoms with Gasteiger partial charge in [-0.2, -0.15) is 0 Å². The quantitative estimate of drug-likeness (QED) is 0.860. The molecule has 0 atom stereocenters. The maximum absolute atomic E-state index is 13.5. The Morgan fingerprint density at radius 1 is 1.29 bits per heavy atom. The van der Waals surface area contributed by atoms with Crippen LogP contribution in [-0.2, 0) is 0 Å². The average Bonchev–Trinajstić information content (AvgIpc) is 2.26. The minimum atomic E-state index is -0.554. The van der Waals surface area contributed by atoms with Crippen LogP contribution in [0.25, 0.3) is 0 Å². The van der Waals surface area contributed by atoms with Crippen molar-refractivity contribution in [3.8, 4) is 0 Å².